The molecular weight excluding hydrogens is 404 g/mol. The first-order valence-corrected chi connectivity index (χ1v) is 9.86. The molecule has 1 aromatic heterocycles. The number of hydrogen-bond acceptors (Lipinski definition) is 3. The maximum atomic E-state index is 12.6. The summed E-state index contributed by atoms with van der Waals surface area (Å²) in [5.41, 5.74) is 3.18. The average Bonchev–Trinajstić information content (AvgIpc) is 3.21. The van der Waals surface area contributed by atoms with Gasteiger partial charge in [-0.05, 0) is 23.3 Å². The van der Waals surface area contributed by atoms with Crippen LogP contribution < -0.4 is 4.90 Å². The van der Waals surface area contributed by atoms with E-state index in [-0.39, 0.29) is 5.91 Å². The van der Waals surface area contributed by atoms with Crippen LogP contribution in [-0.2, 0) is 11.2 Å². The van der Waals surface area contributed by atoms with E-state index in [1.54, 1.807) is 0 Å². The fourth-order valence-electron chi connectivity index (χ4n) is 3.31. The Morgan fingerprint density at radius 3 is 2.41 bits per heavy atom. The molecule has 1 aliphatic rings. The minimum atomic E-state index is 0.184. The second-order valence-corrected chi connectivity index (χ2v) is 7.59. The molecule has 3 aromatic rings. The number of benzene rings is 2. The van der Waals surface area contributed by atoms with E-state index in [1.165, 1.54) is 0 Å². The van der Waals surface area contributed by atoms with E-state index in [4.69, 9.17) is 0 Å². The van der Waals surface area contributed by atoms with Gasteiger partial charge in [0.25, 0.3) is 0 Å². The molecule has 1 aliphatic heterocycles. The van der Waals surface area contributed by atoms with Gasteiger partial charge in [-0.3, -0.25) is 9.89 Å². The molecule has 27 heavy (non-hydrogen) atoms. The molecule has 1 saturated heterocycles. The summed E-state index contributed by atoms with van der Waals surface area (Å²) in [4.78, 5) is 16.7. The number of aromatic nitrogens is 2. The highest BCUT2D eigenvalue weighted by molar-refractivity contribution is 9.10. The molecule has 0 atom stereocenters. The van der Waals surface area contributed by atoms with Crippen LogP contribution in [0.25, 0.3) is 11.3 Å². The third kappa shape index (κ3) is 4.22. The van der Waals surface area contributed by atoms with E-state index in [2.05, 4.69) is 49.2 Å². The van der Waals surface area contributed by atoms with Crippen LogP contribution in [0.1, 0.15) is 5.56 Å². The van der Waals surface area contributed by atoms with E-state index in [1.807, 2.05) is 47.4 Å². The second kappa shape index (κ2) is 7.96. The van der Waals surface area contributed by atoms with Crippen LogP contribution in [0.2, 0.25) is 0 Å². The van der Waals surface area contributed by atoms with Crippen molar-refractivity contribution in [2.45, 2.75) is 6.42 Å². The van der Waals surface area contributed by atoms with Crippen LogP contribution >= 0.6 is 15.9 Å². The third-order valence-electron chi connectivity index (χ3n) is 4.87. The van der Waals surface area contributed by atoms with Gasteiger partial charge < -0.3 is 9.80 Å². The second-order valence-electron chi connectivity index (χ2n) is 6.68. The van der Waals surface area contributed by atoms with Crippen LogP contribution in [-0.4, -0.2) is 47.2 Å². The highest BCUT2D eigenvalue weighted by atomic mass is 79.9. The minimum absolute atomic E-state index is 0.184. The number of anilines is 1. The van der Waals surface area contributed by atoms with Crippen LogP contribution in [0.15, 0.2) is 65.1 Å². The van der Waals surface area contributed by atoms with Crippen molar-refractivity contribution >= 4 is 27.7 Å². The largest absolute Gasteiger partial charge is 0.352 e. The van der Waals surface area contributed by atoms with Gasteiger partial charge in [0, 0.05) is 36.7 Å². The number of halogens is 1. The van der Waals surface area contributed by atoms with Crippen LogP contribution in [0.3, 0.4) is 0 Å². The topological polar surface area (TPSA) is 52.2 Å². The number of rotatable bonds is 4. The predicted molar refractivity (Wildman–Crippen MR) is 111 cm³/mol. The first-order chi connectivity index (χ1) is 13.2. The number of nitrogens with one attached hydrogen (secondary N) is 1. The Kier molecular flexibility index (Phi) is 5.25. The van der Waals surface area contributed by atoms with Crippen molar-refractivity contribution in [2.75, 3.05) is 31.1 Å². The lowest BCUT2D eigenvalue weighted by Gasteiger charge is -2.34. The summed E-state index contributed by atoms with van der Waals surface area (Å²) in [5.74, 6) is 1.12. The maximum absolute atomic E-state index is 12.6. The first kappa shape index (κ1) is 17.8. The minimum Gasteiger partial charge on any atom is -0.352 e. The molecule has 5 nitrogen and oxygen atoms in total. The van der Waals surface area contributed by atoms with Gasteiger partial charge in [-0.2, -0.15) is 5.10 Å². The number of nitrogens with zero attached hydrogens (tertiary/aromatic N) is 3. The van der Waals surface area contributed by atoms with Gasteiger partial charge in [-0.15, -0.1) is 0 Å². The zero-order valence-electron chi connectivity index (χ0n) is 14.9. The van der Waals surface area contributed by atoms with Gasteiger partial charge >= 0.3 is 0 Å². The Labute approximate surface area is 167 Å². The van der Waals surface area contributed by atoms with E-state index in [9.17, 15) is 4.79 Å². The Morgan fingerprint density at radius 1 is 1.00 bits per heavy atom. The zero-order chi connectivity index (χ0) is 18.6. The number of piperazine rings is 1. The summed E-state index contributed by atoms with van der Waals surface area (Å²) in [6.45, 7) is 3.04. The highest BCUT2D eigenvalue weighted by Gasteiger charge is 2.22. The Bertz CT molecular complexity index is 899. The monoisotopic (exact) mass is 424 g/mol. The van der Waals surface area contributed by atoms with Gasteiger partial charge in [0.15, 0.2) is 5.82 Å². The molecule has 0 aliphatic carbocycles. The number of H-pyrrole nitrogens is 1. The Balaban J connectivity index is 1.34. The number of hydrogen-bond donors (Lipinski definition) is 1. The van der Waals surface area contributed by atoms with E-state index in [0.29, 0.717) is 6.42 Å². The van der Waals surface area contributed by atoms with E-state index < -0.39 is 0 Å². The lowest BCUT2D eigenvalue weighted by molar-refractivity contribution is -0.130. The average molecular weight is 425 g/mol. The first-order valence-electron chi connectivity index (χ1n) is 9.07. The maximum Gasteiger partial charge on any atom is 0.227 e. The quantitative estimate of drug-likeness (QED) is 0.693. The molecule has 0 radical (unpaired) electrons. The Hall–Kier alpha value is -2.60. The van der Waals surface area contributed by atoms with Crippen molar-refractivity contribution in [1.29, 1.82) is 0 Å². The summed E-state index contributed by atoms with van der Waals surface area (Å²) in [7, 11) is 0. The predicted octanol–water partition coefficient (Wildman–Crippen LogP) is 3.73. The molecule has 0 unspecified atom stereocenters. The normalized spacial score (nSPS) is 14.4. The third-order valence-corrected chi connectivity index (χ3v) is 5.40. The highest BCUT2D eigenvalue weighted by Crippen LogP contribution is 2.22. The van der Waals surface area contributed by atoms with E-state index in [0.717, 1.165) is 53.3 Å². The molecule has 2 heterocycles. The zero-order valence-corrected chi connectivity index (χ0v) is 16.5. The summed E-state index contributed by atoms with van der Waals surface area (Å²) in [5, 5.41) is 7.57. The molecule has 1 amide bonds. The van der Waals surface area contributed by atoms with Crippen molar-refractivity contribution in [2.24, 2.45) is 0 Å². The fraction of sp³-hybridized carbons (Fsp3) is 0.238. The standard InChI is InChI=1S/C21H21BrN4O/c22-18-8-6-16(7-9-18)14-21(27)26-12-10-25(11-13-26)20-15-19(23-24-20)17-4-2-1-3-5-17/h1-9,15H,10-14H2,(H,23,24). The summed E-state index contributed by atoms with van der Waals surface area (Å²) in [6.07, 6.45) is 0.452. The van der Waals surface area contributed by atoms with Crippen LogP contribution in [0.5, 0.6) is 0 Å². The smallest absolute Gasteiger partial charge is 0.227 e. The number of aromatic amines is 1. The van der Waals surface area contributed by atoms with Crippen molar-refractivity contribution in [3.63, 3.8) is 0 Å². The molecule has 0 bridgehead atoms. The van der Waals surface area contributed by atoms with E-state index >= 15 is 0 Å². The molecule has 0 spiro atoms. The molecule has 1 N–H and O–H groups in total. The van der Waals surface area contributed by atoms with Crippen LogP contribution in [0.4, 0.5) is 5.82 Å². The van der Waals surface area contributed by atoms with Crippen molar-refractivity contribution in [1.82, 2.24) is 15.1 Å². The summed E-state index contributed by atoms with van der Waals surface area (Å²) >= 11 is 3.42. The van der Waals surface area contributed by atoms with Crippen molar-refractivity contribution in [3.8, 4) is 11.3 Å². The lowest BCUT2D eigenvalue weighted by Crippen LogP contribution is -2.49. The molecule has 2 aromatic carbocycles. The molecule has 4 rings (SSSR count). The number of carbonyl (C=O) groups excluding carboxylic acids is 1. The molecule has 6 heteroatoms. The lowest BCUT2D eigenvalue weighted by atomic mass is 10.1. The van der Waals surface area contributed by atoms with Crippen molar-refractivity contribution < 1.29 is 4.79 Å². The van der Waals surface area contributed by atoms with Gasteiger partial charge in [0.2, 0.25) is 5.91 Å². The van der Waals surface area contributed by atoms with Crippen molar-refractivity contribution in [3.05, 3.63) is 70.7 Å². The molecule has 138 valence electrons. The SMILES string of the molecule is O=C(Cc1ccc(Br)cc1)N1CCN(c2cc(-c3ccccc3)[nH]n2)CC1. The van der Waals surface area contributed by atoms with Crippen LogP contribution in [0, 0.1) is 0 Å². The number of amides is 1. The van der Waals surface area contributed by atoms with Gasteiger partial charge in [-0.25, -0.2) is 0 Å². The van der Waals surface area contributed by atoms with Gasteiger partial charge in [-0.1, -0.05) is 58.4 Å². The molecule has 1 fully saturated rings. The van der Waals surface area contributed by atoms with Gasteiger partial charge in [0.05, 0.1) is 12.1 Å². The summed E-state index contributed by atoms with van der Waals surface area (Å²) < 4.78 is 1.03. The number of carbonyl (C=O) groups is 1. The van der Waals surface area contributed by atoms with Gasteiger partial charge in [0.1, 0.15) is 0 Å². The molecular formula is C21H21BrN4O. The Morgan fingerprint density at radius 2 is 1.70 bits per heavy atom. The molecule has 0 saturated carbocycles. The summed E-state index contributed by atoms with van der Waals surface area (Å²) in [6, 6.07) is 20.2. The fourth-order valence-corrected chi connectivity index (χ4v) is 3.58.